The number of hydrogen-bond acceptors (Lipinski definition) is 3. The van der Waals surface area contributed by atoms with Gasteiger partial charge in [0, 0.05) is 7.05 Å². The number of carbonyl (C=O) groups is 2. The number of ether oxygens (including phenoxy) is 1. The topological polar surface area (TPSA) is 49.9 Å². The number of hydrogen-bond donors (Lipinski definition) is 0. The van der Waals surface area contributed by atoms with Gasteiger partial charge in [-0.3, -0.25) is 4.79 Å². The van der Waals surface area contributed by atoms with Crippen LogP contribution in [-0.4, -0.2) is 31.0 Å². The van der Waals surface area contributed by atoms with Gasteiger partial charge in [-0.1, -0.05) is 42.5 Å². The fraction of sp³-hybridized carbons (Fsp3) is 0.176. The smallest absolute Gasteiger partial charge is 0.332 e. The maximum atomic E-state index is 12.8. The van der Waals surface area contributed by atoms with Crippen molar-refractivity contribution >= 4 is 17.6 Å². The zero-order chi connectivity index (χ0) is 15.7. The van der Waals surface area contributed by atoms with E-state index < -0.39 is 6.04 Å². The number of para-hydroxylation sites is 2. The van der Waals surface area contributed by atoms with Crippen LogP contribution in [0.4, 0.5) is 10.5 Å². The van der Waals surface area contributed by atoms with Gasteiger partial charge in [-0.15, -0.1) is 0 Å². The van der Waals surface area contributed by atoms with Crippen LogP contribution in [0.1, 0.15) is 11.6 Å². The third kappa shape index (κ3) is 2.11. The molecule has 22 heavy (non-hydrogen) atoms. The van der Waals surface area contributed by atoms with E-state index >= 15 is 0 Å². The molecule has 5 heteroatoms. The second-order valence-corrected chi connectivity index (χ2v) is 5.05. The molecule has 0 unspecified atom stereocenters. The van der Waals surface area contributed by atoms with E-state index in [-0.39, 0.29) is 11.9 Å². The second kappa shape index (κ2) is 5.52. The summed E-state index contributed by atoms with van der Waals surface area (Å²) in [5, 5.41) is 0. The minimum absolute atomic E-state index is 0.275. The average Bonchev–Trinajstić information content (AvgIpc) is 2.78. The van der Waals surface area contributed by atoms with Gasteiger partial charge >= 0.3 is 6.03 Å². The number of rotatable bonds is 3. The number of urea groups is 1. The number of carbonyl (C=O) groups excluding carboxylic acids is 2. The van der Waals surface area contributed by atoms with Crippen molar-refractivity contribution in [3.8, 4) is 5.75 Å². The van der Waals surface area contributed by atoms with Crippen molar-refractivity contribution in [2.45, 2.75) is 6.04 Å². The Kier molecular flexibility index (Phi) is 3.55. The maximum absolute atomic E-state index is 12.8. The van der Waals surface area contributed by atoms with Crippen LogP contribution in [0, 0.1) is 0 Å². The van der Waals surface area contributed by atoms with Crippen molar-refractivity contribution in [1.29, 1.82) is 0 Å². The lowest BCUT2D eigenvalue weighted by Crippen LogP contribution is -2.31. The number of anilines is 1. The quantitative estimate of drug-likeness (QED) is 0.818. The van der Waals surface area contributed by atoms with Crippen molar-refractivity contribution in [3.63, 3.8) is 0 Å². The second-order valence-electron chi connectivity index (χ2n) is 5.05. The summed E-state index contributed by atoms with van der Waals surface area (Å²) in [6.45, 7) is 0. The highest BCUT2D eigenvalue weighted by atomic mass is 16.5. The monoisotopic (exact) mass is 296 g/mol. The Balaban J connectivity index is 2.04. The van der Waals surface area contributed by atoms with Crippen molar-refractivity contribution in [2.24, 2.45) is 0 Å². The molecule has 112 valence electrons. The van der Waals surface area contributed by atoms with Crippen LogP contribution in [-0.2, 0) is 4.79 Å². The molecular weight excluding hydrogens is 280 g/mol. The van der Waals surface area contributed by atoms with Crippen LogP contribution >= 0.6 is 0 Å². The largest absolute Gasteiger partial charge is 0.495 e. The maximum Gasteiger partial charge on any atom is 0.332 e. The number of likely N-dealkylation sites (N-methyl/N-ethyl adjacent to an activating group) is 1. The van der Waals surface area contributed by atoms with Crippen LogP contribution in [0.15, 0.2) is 54.6 Å². The highest BCUT2D eigenvalue weighted by molar-refractivity contribution is 6.22. The Morgan fingerprint density at radius 1 is 0.955 bits per heavy atom. The van der Waals surface area contributed by atoms with E-state index in [1.165, 1.54) is 16.9 Å². The number of nitrogens with zero attached hydrogens (tertiary/aromatic N) is 2. The summed E-state index contributed by atoms with van der Waals surface area (Å²) in [4.78, 5) is 28.0. The van der Waals surface area contributed by atoms with Gasteiger partial charge in [-0.2, -0.15) is 0 Å². The summed E-state index contributed by atoms with van der Waals surface area (Å²) in [6, 6.07) is 15.3. The van der Waals surface area contributed by atoms with E-state index in [1.807, 2.05) is 30.3 Å². The summed E-state index contributed by atoms with van der Waals surface area (Å²) in [5.41, 5.74) is 1.26. The minimum Gasteiger partial charge on any atom is -0.495 e. The Morgan fingerprint density at radius 3 is 2.27 bits per heavy atom. The third-order valence-corrected chi connectivity index (χ3v) is 3.78. The van der Waals surface area contributed by atoms with Crippen LogP contribution in [0.2, 0.25) is 0 Å². The first-order valence-corrected chi connectivity index (χ1v) is 6.94. The number of methoxy groups -OCH3 is 1. The summed E-state index contributed by atoms with van der Waals surface area (Å²) >= 11 is 0. The summed E-state index contributed by atoms with van der Waals surface area (Å²) in [7, 11) is 3.15. The van der Waals surface area contributed by atoms with Crippen LogP contribution < -0.4 is 9.64 Å². The highest BCUT2D eigenvalue weighted by Crippen LogP contribution is 2.37. The SMILES string of the molecule is COc1ccccc1N1C(=O)[C@@H](c2ccccc2)N(C)C1=O. The predicted octanol–water partition coefficient (Wildman–Crippen LogP) is 2.83. The number of benzene rings is 2. The first kappa shape index (κ1) is 14.1. The van der Waals surface area contributed by atoms with Gasteiger partial charge in [0.2, 0.25) is 0 Å². The van der Waals surface area contributed by atoms with Gasteiger partial charge in [0.1, 0.15) is 11.8 Å². The molecule has 0 radical (unpaired) electrons. The van der Waals surface area contributed by atoms with Crippen molar-refractivity contribution in [3.05, 3.63) is 60.2 Å². The van der Waals surface area contributed by atoms with Gasteiger partial charge in [0.05, 0.1) is 12.8 Å². The van der Waals surface area contributed by atoms with E-state index in [2.05, 4.69) is 0 Å². The zero-order valence-corrected chi connectivity index (χ0v) is 12.4. The minimum atomic E-state index is -0.612. The van der Waals surface area contributed by atoms with Crippen molar-refractivity contribution in [2.75, 3.05) is 19.1 Å². The van der Waals surface area contributed by atoms with E-state index in [0.717, 1.165) is 5.56 Å². The molecule has 1 saturated heterocycles. The van der Waals surface area contributed by atoms with E-state index in [0.29, 0.717) is 11.4 Å². The lowest BCUT2D eigenvalue weighted by atomic mass is 10.1. The van der Waals surface area contributed by atoms with E-state index in [1.54, 1.807) is 31.3 Å². The molecule has 1 aliphatic heterocycles. The summed E-state index contributed by atoms with van der Waals surface area (Å²) in [6.07, 6.45) is 0. The van der Waals surface area contributed by atoms with E-state index in [9.17, 15) is 9.59 Å². The van der Waals surface area contributed by atoms with Gasteiger partial charge in [-0.25, -0.2) is 9.69 Å². The molecule has 0 saturated carbocycles. The molecule has 1 heterocycles. The molecule has 1 atom stereocenters. The summed E-state index contributed by atoms with van der Waals surface area (Å²) in [5.74, 6) is 0.217. The molecule has 3 amide bonds. The van der Waals surface area contributed by atoms with Crippen LogP contribution in [0.25, 0.3) is 0 Å². The first-order valence-electron chi connectivity index (χ1n) is 6.94. The number of amides is 3. The normalized spacial score (nSPS) is 18.0. The van der Waals surface area contributed by atoms with Gasteiger partial charge in [0.15, 0.2) is 0 Å². The molecule has 0 aliphatic carbocycles. The molecule has 2 aromatic rings. The van der Waals surface area contributed by atoms with Crippen molar-refractivity contribution in [1.82, 2.24) is 4.90 Å². The standard InChI is InChI=1S/C17H16N2O3/c1-18-15(12-8-4-3-5-9-12)16(20)19(17(18)21)13-10-6-7-11-14(13)22-2/h3-11,15H,1-2H3/t15-/m1/s1. The Labute approximate surface area is 128 Å². The fourth-order valence-corrected chi connectivity index (χ4v) is 2.69. The summed E-state index contributed by atoms with van der Waals surface area (Å²) < 4.78 is 5.27. The van der Waals surface area contributed by atoms with Crippen molar-refractivity contribution < 1.29 is 14.3 Å². The first-order chi connectivity index (χ1) is 10.6. The van der Waals surface area contributed by atoms with E-state index in [4.69, 9.17) is 4.74 Å². The molecule has 3 rings (SSSR count). The molecule has 0 aromatic heterocycles. The van der Waals surface area contributed by atoms with Crippen LogP contribution in [0.5, 0.6) is 5.75 Å². The highest BCUT2D eigenvalue weighted by Gasteiger charge is 2.45. The molecule has 0 spiro atoms. The molecule has 0 bridgehead atoms. The average molecular weight is 296 g/mol. The molecule has 1 aliphatic rings. The molecule has 5 nitrogen and oxygen atoms in total. The lowest BCUT2D eigenvalue weighted by molar-refractivity contribution is -0.119. The van der Waals surface area contributed by atoms with Gasteiger partial charge in [-0.05, 0) is 17.7 Å². The lowest BCUT2D eigenvalue weighted by Gasteiger charge is -2.16. The van der Waals surface area contributed by atoms with Gasteiger partial charge < -0.3 is 9.64 Å². The van der Waals surface area contributed by atoms with Gasteiger partial charge in [0.25, 0.3) is 5.91 Å². The van der Waals surface area contributed by atoms with Crippen LogP contribution in [0.3, 0.4) is 0 Å². The molecule has 2 aromatic carbocycles. The Morgan fingerprint density at radius 2 is 1.59 bits per heavy atom. The fourth-order valence-electron chi connectivity index (χ4n) is 2.69. The molecule has 0 N–H and O–H groups in total. The Hall–Kier alpha value is -2.82. The Bertz CT molecular complexity index is 715. The predicted molar refractivity (Wildman–Crippen MR) is 82.8 cm³/mol. The number of imide groups is 1. The third-order valence-electron chi connectivity index (χ3n) is 3.78. The zero-order valence-electron chi connectivity index (χ0n) is 12.4. The molecular formula is C17H16N2O3. The molecule has 1 fully saturated rings.